The van der Waals surface area contributed by atoms with Crippen molar-refractivity contribution < 1.29 is 14.3 Å². The Labute approximate surface area is 234 Å². The summed E-state index contributed by atoms with van der Waals surface area (Å²) < 4.78 is 5.44. The average molecular weight is 535 g/mol. The van der Waals surface area contributed by atoms with Gasteiger partial charge in [-0.2, -0.15) is 0 Å². The second-order valence-corrected chi connectivity index (χ2v) is 10.5. The summed E-state index contributed by atoms with van der Waals surface area (Å²) in [5.74, 6) is 1.49. The number of para-hydroxylation sites is 1. The SMILES string of the molecule is CCCCCC(=O)N(C/C=C/c1ccccc1OC)CCN1CCN(C(=O)Nc2ccc(C(C)C)cc2)CC1. The maximum Gasteiger partial charge on any atom is 0.321 e. The third-order valence-corrected chi connectivity index (χ3v) is 7.28. The molecule has 39 heavy (non-hydrogen) atoms. The van der Waals surface area contributed by atoms with Gasteiger partial charge in [0.25, 0.3) is 0 Å². The van der Waals surface area contributed by atoms with Gasteiger partial charge in [0.2, 0.25) is 5.91 Å². The molecule has 7 nitrogen and oxygen atoms in total. The number of unbranched alkanes of at least 4 members (excludes halogenated alkanes) is 2. The molecule has 0 unspecified atom stereocenters. The van der Waals surface area contributed by atoms with E-state index in [9.17, 15) is 9.59 Å². The van der Waals surface area contributed by atoms with Crippen LogP contribution in [-0.4, -0.2) is 79.6 Å². The molecule has 212 valence electrons. The second-order valence-electron chi connectivity index (χ2n) is 10.5. The minimum Gasteiger partial charge on any atom is -0.496 e. The monoisotopic (exact) mass is 534 g/mol. The number of nitrogens with one attached hydrogen (secondary N) is 1. The number of piperazine rings is 1. The van der Waals surface area contributed by atoms with Gasteiger partial charge in [-0.25, -0.2) is 4.79 Å². The van der Waals surface area contributed by atoms with Crippen molar-refractivity contribution in [3.63, 3.8) is 0 Å². The van der Waals surface area contributed by atoms with Gasteiger partial charge < -0.3 is 19.9 Å². The molecule has 0 radical (unpaired) electrons. The Morgan fingerprint density at radius 3 is 2.41 bits per heavy atom. The predicted octanol–water partition coefficient (Wildman–Crippen LogP) is 6.09. The molecule has 1 aliphatic rings. The fraction of sp³-hybridized carbons (Fsp3) is 0.500. The number of carbonyl (C=O) groups is 2. The van der Waals surface area contributed by atoms with Crippen LogP contribution in [0, 0.1) is 0 Å². The van der Waals surface area contributed by atoms with Gasteiger partial charge in [0, 0.05) is 63.5 Å². The molecule has 2 aromatic carbocycles. The van der Waals surface area contributed by atoms with E-state index >= 15 is 0 Å². The smallest absolute Gasteiger partial charge is 0.321 e. The van der Waals surface area contributed by atoms with Crippen molar-refractivity contribution in [1.82, 2.24) is 14.7 Å². The topological polar surface area (TPSA) is 65.1 Å². The molecule has 0 atom stereocenters. The summed E-state index contributed by atoms with van der Waals surface area (Å²) in [4.78, 5) is 32.0. The summed E-state index contributed by atoms with van der Waals surface area (Å²) in [6.45, 7) is 11.5. The van der Waals surface area contributed by atoms with Crippen LogP contribution >= 0.6 is 0 Å². The molecule has 0 bridgehead atoms. The Bertz CT molecular complexity index is 1060. The zero-order valence-corrected chi connectivity index (χ0v) is 24.2. The van der Waals surface area contributed by atoms with E-state index in [1.165, 1.54) is 5.56 Å². The molecule has 3 amide bonds. The number of rotatable bonds is 13. The summed E-state index contributed by atoms with van der Waals surface area (Å²) in [5, 5.41) is 3.03. The van der Waals surface area contributed by atoms with E-state index in [2.05, 4.69) is 43.1 Å². The maximum atomic E-state index is 13.0. The highest BCUT2D eigenvalue weighted by Crippen LogP contribution is 2.19. The number of nitrogens with zero attached hydrogens (tertiary/aromatic N) is 3. The molecule has 0 aromatic heterocycles. The predicted molar refractivity (Wildman–Crippen MR) is 160 cm³/mol. The molecule has 1 heterocycles. The van der Waals surface area contributed by atoms with Crippen molar-refractivity contribution in [2.45, 2.75) is 52.4 Å². The van der Waals surface area contributed by atoms with Gasteiger partial charge >= 0.3 is 6.03 Å². The summed E-state index contributed by atoms with van der Waals surface area (Å²) in [7, 11) is 1.67. The van der Waals surface area contributed by atoms with Gasteiger partial charge in [0.1, 0.15) is 5.75 Å². The average Bonchev–Trinajstić information content (AvgIpc) is 2.95. The molecule has 1 saturated heterocycles. The van der Waals surface area contributed by atoms with E-state index < -0.39 is 0 Å². The Morgan fingerprint density at radius 2 is 1.74 bits per heavy atom. The number of ether oxygens (including phenoxy) is 1. The molecule has 7 heteroatoms. The van der Waals surface area contributed by atoms with Gasteiger partial charge in [-0.05, 0) is 36.1 Å². The van der Waals surface area contributed by atoms with E-state index in [4.69, 9.17) is 4.74 Å². The van der Waals surface area contributed by atoms with Crippen LogP contribution in [0.25, 0.3) is 6.08 Å². The van der Waals surface area contributed by atoms with Crippen LogP contribution in [0.15, 0.2) is 54.6 Å². The normalized spacial score (nSPS) is 14.1. The van der Waals surface area contributed by atoms with Crippen molar-refractivity contribution in [2.75, 3.05) is 58.2 Å². The molecule has 2 aromatic rings. The van der Waals surface area contributed by atoms with Crippen molar-refractivity contribution in [3.05, 3.63) is 65.7 Å². The third-order valence-electron chi connectivity index (χ3n) is 7.28. The minimum atomic E-state index is -0.0545. The standard InChI is InChI=1S/C32H46N4O3/c1-5-6-7-14-31(37)35(19-10-12-28-11-8-9-13-30(28)39-4)23-20-34-21-24-36(25-22-34)32(38)33-29-17-15-27(16-18-29)26(2)3/h8-13,15-18,26H,5-7,14,19-25H2,1-4H3,(H,33,38)/b12-10+. The zero-order chi connectivity index (χ0) is 28.0. The molecular weight excluding hydrogens is 488 g/mol. The van der Waals surface area contributed by atoms with Crippen LogP contribution in [0.4, 0.5) is 10.5 Å². The van der Waals surface area contributed by atoms with Crippen molar-refractivity contribution >= 4 is 23.7 Å². The van der Waals surface area contributed by atoms with Crippen molar-refractivity contribution in [2.24, 2.45) is 0 Å². The number of methoxy groups -OCH3 is 1. The van der Waals surface area contributed by atoms with Crippen molar-refractivity contribution in [1.29, 1.82) is 0 Å². The molecule has 0 saturated carbocycles. The van der Waals surface area contributed by atoms with Crippen LogP contribution in [0.5, 0.6) is 5.75 Å². The number of amides is 3. The van der Waals surface area contributed by atoms with Gasteiger partial charge in [0.15, 0.2) is 0 Å². The summed E-state index contributed by atoms with van der Waals surface area (Å²) in [5.41, 5.74) is 3.09. The fourth-order valence-electron chi connectivity index (χ4n) is 4.70. The highest BCUT2D eigenvalue weighted by atomic mass is 16.5. The highest BCUT2D eigenvalue weighted by Gasteiger charge is 2.22. The maximum absolute atomic E-state index is 13.0. The van der Waals surface area contributed by atoms with Crippen LogP contribution in [0.1, 0.15) is 63.5 Å². The third kappa shape index (κ3) is 9.74. The fourth-order valence-corrected chi connectivity index (χ4v) is 4.70. The molecule has 1 aliphatic heterocycles. The lowest BCUT2D eigenvalue weighted by atomic mass is 10.0. The van der Waals surface area contributed by atoms with Crippen LogP contribution in [-0.2, 0) is 4.79 Å². The summed E-state index contributed by atoms with van der Waals surface area (Å²) >= 11 is 0. The van der Waals surface area contributed by atoms with E-state index in [0.29, 0.717) is 38.5 Å². The first-order valence-corrected chi connectivity index (χ1v) is 14.4. The van der Waals surface area contributed by atoms with E-state index in [1.807, 2.05) is 58.4 Å². The zero-order valence-electron chi connectivity index (χ0n) is 24.2. The number of benzene rings is 2. The lowest BCUT2D eigenvalue weighted by molar-refractivity contribution is -0.131. The first-order valence-electron chi connectivity index (χ1n) is 14.4. The van der Waals surface area contributed by atoms with Gasteiger partial charge in [-0.15, -0.1) is 0 Å². The molecule has 1 N–H and O–H groups in total. The Balaban J connectivity index is 1.49. The molecule has 3 rings (SSSR count). The highest BCUT2D eigenvalue weighted by molar-refractivity contribution is 5.89. The number of anilines is 1. The van der Waals surface area contributed by atoms with Crippen LogP contribution in [0.2, 0.25) is 0 Å². The van der Waals surface area contributed by atoms with E-state index in [-0.39, 0.29) is 11.9 Å². The van der Waals surface area contributed by atoms with Gasteiger partial charge in [-0.1, -0.05) is 76.1 Å². The number of hydrogen-bond acceptors (Lipinski definition) is 4. The lowest BCUT2D eigenvalue weighted by Gasteiger charge is -2.35. The second kappa shape index (κ2) is 15.9. The quantitative estimate of drug-likeness (QED) is 0.316. The summed E-state index contributed by atoms with van der Waals surface area (Å²) in [6.07, 6.45) is 7.76. The van der Waals surface area contributed by atoms with Crippen LogP contribution < -0.4 is 10.1 Å². The van der Waals surface area contributed by atoms with E-state index in [1.54, 1.807) is 7.11 Å². The molecule has 1 fully saturated rings. The minimum absolute atomic E-state index is 0.0545. The van der Waals surface area contributed by atoms with Gasteiger partial charge in [0.05, 0.1) is 7.11 Å². The van der Waals surface area contributed by atoms with Crippen LogP contribution in [0.3, 0.4) is 0 Å². The lowest BCUT2D eigenvalue weighted by Crippen LogP contribution is -2.51. The Kier molecular flexibility index (Phi) is 12.4. The molecule has 0 aliphatic carbocycles. The van der Waals surface area contributed by atoms with E-state index in [0.717, 1.165) is 55.9 Å². The van der Waals surface area contributed by atoms with Gasteiger partial charge in [-0.3, -0.25) is 9.69 Å². The Hall–Kier alpha value is -3.32. The number of carbonyl (C=O) groups excluding carboxylic acids is 2. The largest absolute Gasteiger partial charge is 0.496 e. The Morgan fingerprint density at radius 1 is 1.03 bits per heavy atom. The molecular formula is C32H46N4O3. The van der Waals surface area contributed by atoms with Crippen molar-refractivity contribution in [3.8, 4) is 5.75 Å². The number of urea groups is 1. The first-order chi connectivity index (χ1) is 18.9. The molecule has 0 spiro atoms. The first kappa shape index (κ1) is 30.2. The number of hydrogen-bond donors (Lipinski definition) is 1. The summed E-state index contributed by atoms with van der Waals surface area (Å²) in [6, 6.07) is 15.9.